The maximum Gasteiger partial charge on any atom is 0.323 e. The Bertz CT molecular complexity index is 489. The molecule has 0 unspecified atom stereocenters. The highest BCUT2D eigenvalue weighted by Gasteiger charge is 2.28. The van der Waals surface area contributed by atoms with Gasteiger partial charge in [-0.2, -0.15) is 0 Å². The molecule has 2 amide bonds. The van der Waals surface area contributed by atoms with Gasteiger partial charge in [0.2, 0.25) is 0 Å². The molecule has 0 saturated carbocycles. The topological polar surface area (TPSA) is 60.9 Å². The van der Waals surface area contributed by atoms with Crippen LogP contribution in [0.25, 0.3) is 0 Å². The Morgan fingerprint density at radius 1 is 1.25 bits per heavy atom. The number of hydrogen-bond donors (Lipinski definition) is 1. The van der Waals surface area contributed by atoms with Crippen molar-refractivity contribution in [3.63, 3.8) is 0 Å². The summed E-state index contributed by atoms with van der Waals surface area (Å²) >= 11 is 0. The van der Waals surface area contributed by atoms with Gasteiger partial charge in [-0.25, -0.2) is 4.79 Å². The van der Waals surface area contributed by atoms with Crippen LogP contribution in [-0.2, 0) is 17.9 Å². The number of benzene rings is 1. The number of carbonyl (C=O) groups excluding carboxylic acids is 1. The maximum atomic E-state index is 12.5. The minimum Gasteiger partial charge on any atom is -0.480 e. The van der Waals surface area contributed by atoms with Crippen molar-refractivity contribution in [1.82, 2.24) is 9.80 Å². The van der Waals surface area contributed by atoms with E-state index in [0.717, 1.165) is 11.1 Å². The van der Waals surface area contributed by atoms with E-state index in [-0.39, 0.29) is 18.5 Å². The number of amides is 2. The zero-order valence-electron chi connectivity index (χ0n) is 11.9. The highest BCUT2D eigenvalue weighted by molar-refractivity contribution is 5.80. The second-order valence-corrected chi connectivity index (χ2v) is 5.58. The summed E-state index contributed by atoms with van der Waals surface area (Å²) in [4.78, 5) is 26.5. The van der Waals surface area contributed by atoms with Crippen molar-refractivity contribution < 1.29 is 14.7 Å². The van der Waals surface area contributed by atoms with Gasteiger partial charge in [0.1, 0.15) is 6.54 Å². The van der Waals surface area contributed by atoms with Crippen LogP contribution in [0.2, 0.25) is 0 Å². The van der Waals surface area contributed by atoms with Crippen molar-refractivity contribution in [3.8, 4) is 0 Å². The number of carbonyl (C=O) groups is 2. The van der Waals surface area contributed by atoms with E-state index in [2.05, 4.69) is 0 Å². The number of urea groups is 1. The first kappa shape index (κ1) is 14.4. The second kappa shape index (κ2) is 5.94. The minimum absolute atomic E-state index is 0.197. The van der Waals surface area contributed by atoms with Crippen molar-refractivity contribution >= 4 is 12.0 Å². The highest BCUT2D eigenvalue weighted by atomic mass is 16.4. The summed E-state index contributed by atoms with van der Waals surface area (Å²) in [5.74, 6) is -0.737. The lowest BCUT2D eigenvalue weighted by Crippen LogP contribution is -2.44. The van der Waals surface area contributed by atoms with Gasteiger partial charge in [-0.1, -0.05) is 38.1 Å². The van der Waals surface area contributed by atoms with E-state index in [1.165, 1.54) is 4.90 Å². The van der Waals surface area contributed by atoms with Crippen LogP contribution in [0.1, 0.15) is 25.0 Å². The zero-order valence-corrected chi connectivity index (χ0v) is 11.9. The molecule has 2 rings (SSSR count). The van der Waals surface area contributed by atoms with Gasteiger partial charge in [0.05, 0.1) is 0 Å². The molecule has 0 spiro atoms. The third-order valence-corrected chi connectivity index (χ3v) is 3.29. The van der Waals surface area contributed by atoms with Crippen molar-refractivity contribution in [2.75, 3.05) is 13.1 Å². The summed E-state index contributed by atoms with van der Waals surface area (Å²) in [6.45, 7) is 5.27. The van der Waals surface area contributed by atoms with Crippen LogP contribution in [0.15, 0.2) is 24.3 Å². The first-order chi connectivity index (χ1) is 9.47. The first-order valence-corrected chi connectivity index (χ1v) is 6.79. The smallest absolute Gasteiger partial charge is 0.323 e. The maximum absolute atomic E-state index is 12.5. The van der Waals surface area contributed by atoms with Crippen molar-refractivity contribution in [2.45, 2.75) is 26.9 Å². The Kier molecular flexibility index (Phi) is 4.27. The molecule has 0 bridgehead atoms. The molecule has 1 N–H and O–H groups in total. The number of rotatable bonds is 4. The lowest BCUT2D eigenvalue weighted by Gasteiger charge is -2.28. The van der Waals surface area contributed by atoms with Gasteiger partial charge in [0, 0.05) is 19.6 Å². The molecule has 108 valence electrons. The zero-order chi connectivity index (χ0) is 14.7. The number of fused-ring (bicyclic) bond motifs is 1. The fourth-order valence-electron chi connectivity index (χ4n) is 2.48. The molecule has 0 saturated heterocycles. The summed E-state index contributed by atoms with van der Waals surface area (Å²) < 4.78 is 0. The van der Waals surface area contributed by atoms with Gasteiger partial charge >= 0.3 is 12.0 Å². The van der Waals surface area contributed by atoms with Crippen LogP contribution in [0.4, 0.5) is 4.79 Å². The average molecular weight is 276 g/mol. The molecule has 20 heavy (non-hydrogen) atoms. The lowest BCUT2D eigenvalue weighted by atomic mass is 10.1. The molecule has 1 heterocycles. The normalized spacial score (nSPS) is 13.4. The van der Waals surface area contributed by atoms with E-state index in [1.54, 1.807) is 4.90 Å². The van der Waals surface area contributed by atoms with Crippen molar-refractivity contribution in [1.29, 1.82) is 0 Å². The molecule has 0 aliphatic carbocycles. The number of hydrogen-bond acceptors (Lipinski definition) is 2. The SMILES string of the molecule is CC(C)CN(CC(=O)O)C(=O)N1Cc2ccccc2C1. The summed E-state index contributed by atoms with van der Waals surface area (Å²) in [5, 5.41) is 8.95. The predicted octanol–water partition coefficient (Wildman–Crippen LogP) is 2.16. The van der Waals surface area contributed by atoms with Crippen LogP contribution in [0, 0.1) is 5.92 Å². The average Bonchev–Trinajstić information content (AvgIpc) is 2.79. The van der Waals surface area contributed by atoms with E-state index < -0.39 is 5.97 Å². The monoisotopic (exact) mass is 276 g/mol. The molecule has 0 aromatic heterocycles. The lowest BCUT2D eigenvalue weighted by molar-refractivity contribution is -0.137. The Morgan fingerprint density at radius 3 is 2.25 bits per heavy atom. The third-order valence-electron chi connectivity index (χ3n) is 3.29. The predicted molar refractivity (Wildman–Crippen MR) is 75.1 cm³/mol. The van der Waals surface area contributed by atoms with Crippen LogP contribution in [0.3, 0.4) is 0 Å². The van der Waals surface area contributed by atoms with Crippen LogP contribution in [-0.4, -0.2) is 40.0 Å². The summed E-state index contributed by atoms with van der Waals surface area (Å²) in [6.07, 6.45) is 0. The summed E-state index contributed by atoms with van der Waals surface area (Å²) in [5.41, 5.74) is 2.28. The van der Waals surface area contributed by atoms with E-state index in [4.69, 9.17) is 5.11 Å². The number of nitrogens with zero attached hydrogens (tertiary/aromatic N) is 2. The molecule has 1 aliphatic rings. The third kappa shape index (κ3) is 3.29. The fraction of sp³-hybridized carbons (Fsp3) is 0.467. The molecular formula is C15H20N2O3. The quantitative estimate of drug-likeness (QED) is 0.916. The van der Waals surface area contributed by atoms with Gasteiger partial charge in [0.25, 0.3) is 0 Å². The minimum atomic E-state index is -0.976. The van der Waals surface area contributed by atoms with E-state index in [1.807, 2.05) is 38.1 Å². The van der Waals surface area contributed by atoms with E-state index in [0.29, 0.717) is 19.6 Å². The molecule has 1 aromatic carbocycles. The first-order valence-electron chi connectivity index (χ1n) is 6.79. The summed E-state index contributed by atoms with van der Waals surface area (Å²) in [7, 11) is 0. The summed E-state index contributed by atoms with van der Waals surface area (Å²) in [6, 6.07) is 7.72. The molecule has 1 aliphatic heterocycles. The Hall–Kier alpha value is -2.04. The fourth-order valence-corrected chi connectivity index (χ4v) is 2.48. The van der Waals surface area contributed by atoms with Gasteiger partial charge in [-0.15, -0.1) is 0 Å². The largest absolute Gasteiger partial charge is 0.480 e. The molecule has 5 nitrogen and oxygen atoms in total. The van der Waals surface area contributed by atoms with Crippen molar-refractivity contribution in [2.24, 2.45) is 5.92 Å². The van der Waals surface area contributed by atoms with Crippen molar-refractivity contribution in [3.05, 3.63) is 35.4 Å². The molecule has 0 atom stereocenters. The van der Waals surface area contributed by atoms with E-state index >= 15 is 0 Å². The molecule has 0 fully saturated rings. The Morgan fingerprint density at radius 2 is 1.80 bits per heavy atom. The number of aliphatic carboxylic acids is 1. The number of carboxylic acids is 1. The standard InChI is InChI=1S/C15H20N2O3/c1-11(2)7-16(10-14(18)19)15(20)17-8-12-5-3-4-6-13(12)9-17/h3-6,11H,7-10H2,1-2H3,(H,18,19). The van der Waals surface area contributed by atoms with E-state index in [9.17, 15) is 9.59 Å². The van der Waals surface area contributed by atoms with Gasteiger partial charge in [0.15, 0.2) is 0 Å². The van der Waals surface area contributed by atoms with Crippen LogP contribution < -0.4 is 0 Å². The van der Waals surface area contributed by atoms with Gasteiger partial charge in [-0.3, -0.25) is 4.79 Å². The Balaban J connectivity index is 2.07. The molecule has 1 aromatic rings. The highest BCUT2D eigenvalue weighted by Crippen LogP contribution is 2.23. The van der Waals surface area contributed by atoms with Gasteiger partial charge < -0.3 is 14.9 Å². The molecular weight excluding hydrogens is 256 g/mol. The van der Waals surface area contributed by atoms with Crippen LogP contribution in [0.5, 0.6) is 0 Å². The number of carboxylic acid groups (broad SMARTS) is 1. The Labute approximate surface area is 118 Å². The molecule has 5 heteroatoms. The van der Waals surface area contributed by atoms with Crippen LogP contribution >= 0.6 is 0 Å². The second-order valence-electron chi connectivity index (χ2n) is 5.58. The van der Waals surface area contributed by atoms with Gasteiger partial charge in [-0.05, 0) is 17.0 Å². The molecule has 0 radical (unpaired) electrons.